The molecule has 2 atom stereocenters. The van der Waals surface area contributed by atoms with Crippen molar-refractivity contribution in [3.05, 3.63) is 12.7 Å². The lowest BCUT2D eigenvalue weighted by atomic mass is 10.2. The maximum Gasteiger partial charge on any atom is 0.166 e. The van der Waals surface area contributed by atoms with Gasteiger partial charge in [-0.1, -0.05) is 0 Å². The number of hydrogen-bond donors (Lipinski definition) is 1. The van der Waals surface area contributed by atoms with E-state index in [1.54, 1.807) is 24.4 Å². The number of ether oxygens (including phenoxy) is 1. The second kappa shape index (κ2) is 4.83. The van der Waals surface area contributed by atoms with Crippen molar-refractivity contribution in [1.82, 2.24) is 19.5 Å². The molecular formula is C11H14N4O2S. The summed E-state index contributed by atoms with van der Waals surface area (Å²) in [7, 11) is 0. The molecular weight excluding hydrogens is 252 g/mol. The molecule has 96 valence electrons. The minimum absolute atomic E-state index is 0.0637. The topological polar surface area (TPSA) is 73.1 Å². The van der Waals surface area contributed by atoms with Gasteiger partial charge in [0.2, 0.25) is 0 Å². The Balaban J connectivity index is 1.98. The molecule has 0 bridgehead atoms. The highest BCUT2D eigenvalue weighted by molar-refractivity contribution is 7.98. The monoisotopic (exact) mass is 266 g/mol. The van der Waals surface area contributed by atoms with E-state index in [-0.39, 0.29) is 18.9 Å². The van der Waals surface area contributed by atoms with Crippen LogP contribution in [0.25, 0.3) is 11.2 Å². The number of aromatic nitrogens is 4. The maximum atomic E-state index is 9.10. The van der Waals surface area contributed by atoms with Crippen LogP contribution in [0.4, 0.5) is 0 Å². The Morgan fingerprint density at radius 1 is 1.44 bits per heavy atom. The number of aliphatic hydroxyl groups excluding tert-OH is 1. The Morgan fingerprint density at radius 3 is 3.06 bits per heavy atom. The van der Waals surface area contributed by atoms with Crippen LogP contribution in [0.1, 0.15) is 19.1 Å². The first-order valence-electron chi connectivity index (χ1n) is 5.81. The summed E-state index contributed by atoms with van der Waals surface area (Å²) in [5.41, 5.74) is 1.60. The van der Waals surface area contributed by atoms with E-state index in [2.05, 4.69) is 15.0 Å². The Morgan fingerprint density at radius 2 is 2.33 bits per heavy atom. The summed E-state index contributed by atoms with van der Waals surface area (Å²) >= 11 is 1.55. The van der Waals surface area contributed by atoms with E-state index in [1.165, 1.54) is 0 Å². The van der Waals surface area contributed by atoms with Gasteiger partial charge in [-0.15, -0.1) is 11.8 Å². The fourth-order valence-corrected chi connectivity index (χ4v) is 2.71. The van der Waals surface area contributed by atoms with E-state index >= 15 is 0 Å². The van der Waals surface area contributed by atoms with Gasteiger partial charge < -0.3 is 9.84 Å². The van der Waals surface area contributed by atoms with Crippen LogP contribution < -0.4 is 0 Å². The third-order valence-electron chi connectivity index (χ3n) is 3.12. The van der Waals surface area contributed by atoms with Crippen LogP contribution in [0.15, 0.2) is 17.7 Å². The zero-order valence-electron chi connectivity index (χ0n) is 9.98. The summed E-state index contributed by atoms with van der Waals surface area (Å²) in [6.07, 6.45) is 6.82. The van der Waals surface area contributed by atoms with Crippen LogP contribution in [0.3, 0.4) is 0 Å². The van der Waals surface area contributed by atoms with Crippen LogP contribution in [-0.4, -0.2) is 43.6 Å². The van der Waals surface area contributed by atoms with E-state index in [1.807, 2.05) is 10.8 Å². The van der Waals surface area contributed by atoms with E-state index in [4.69, 9.17) is 9.84 Å². The van der Waals surface area contributed by atoms with Crippen LogP contribution in [0.5, 0.6) is 0 Å². The first-order valence-corrected chi connectivity index (χ1v) is 7.03. The Kier molecular flexibility index (Phi) is 3.19. The lowest BCUT2D eigenvalue weighted by Gasteiger charge is -2.13. The van der Waals surface area contributed by atoms with Gasteiger partial charge in [-0.2, -0.15) is 0 Å². The van der Waals surface area contributed by atoms with Crippen molar-refractivity contribution in [1.29, 1.82) is 0 Å². The molecule has 0 aliphatic carbocycles. The van der Waals surface area contributed by atoms with Crippen LogP contribution in [-0.2, 0) is 4.74 Å². The van der Waals surface area contributed by atoms with Gasteiger partial charge in [-0.25, -0.2) is 15.0 Å². The Bertz CT molecular complexity index is 559. The summed E-state index contributed by atoms with van der Waals surface area (Å²) in [6.45, 7) is 0.0637. The largest absolute Gasteiger partial charge is 0.394 e. The molecule has 6 nitrogen and oxygen atoms in total. The van der Waals surface area contributed by atoms with Crippen molar-refractivity contribution < 1.29 is 9.84 Å². The van der Waals surface area contributed by atoms with Gasteiger partial charge in [0, 0.05) is 0 Å². The molecule has 2 aromatic heterocycles. The number of aliphatic hydroxyl groups is 1. The minimum Gasteiger partial charge on any atom is -0.394 e. The average Bonchev–Trinajstić information content (AvgIpc) is 3.03. The van der Waals surface area contributed by atoms with Crippen molar-refractivity contribution >= 4 is 22.9 Å². The van der Waals surface area contributed by atoms with Gasteiger partial charge in [0.15, 0.2) is 5.65 Å². The number of hydrogen-bond acceptors (Lipinski definition) is 6. The highest BCUT2D eigenvalue weighted by Crippen LogP contribution is 2.31. The molecule has 1 aliphatic heterocycles. The average molecular weight is 266 g/mol. The van der Waals surface area contributed by atoms with Gasteiger partial charge in [-0.05, 0) is 19.1 Å². The molecule has 3 heterocycles. The lowest BCUT2D eigenvalue weighted by Crippen LogP contribution is -2.14. The Labute approximate surface area is 108 Å². The van der Waals surface area contributed by atoms with E-state index in [9.17, 15) is 0 Å². The summed E-state index contributed by atoms with van der Waals surface area (Å²) in [5, 5.41) is 9.97. The second-order valence-corrected chi connectivity index (χ2v) is 4.97. The molecule has 0 aromatic carbocycles. The minimum atomic E-state index is -0.0863. The molecule has 7 heteroatoms. The number of nitrogens with zero attached hydrogens (tertiary/aromatic N) is 4. The van der Waals surface area contributed by atoms with Crippen molar-refractivity contribution in [3.63, 3.8) is 0 Å². The molecule has 1 fully saturated rings. The highest BCUT2D eigenvalue weighted by atomic mass is 32.2. The molecule has 0 radical (unpaired) electrons. The first kappa shape index (κ1) is 11.9. The fourth-order valence-electron chi connectivity index (χ4n) is 2.22. The molecule has 1 saturated heterocycles. The van der Waals surface area contributed by atoms with Crippen LogP contribution >= 0.6 is 11.8 Å². The van der Waals surface area contributed by atoms with E-state index in [0.717, 1.165) is 29.0 Å². The fraction of sp³-hybridized carbons (Fsp3) is 0.545. The van der Waals surface area contributed by atoms with Crippen LogP contribution in [0.2, 0.25) is 0 Å². The Hall–Kier alpha value is -1.18. The van der Waals surface area contributed by atoms with Crippen molar-refractivity contribution in [3.8, 4) is 0 Å². The summed E-state index contributed by atoms with van der Waals surface area (Å²) in [6, 6.07) is 0. The van der Waals surface area contributed by atoms with Gasteiger partial charge in [0.25, 0.3) is 0 Å². The molecule has 0 amide bonds. The quantitative estimate of drug-likeness (QED) is 0.665. The second-order valence-electron chi connectivity index (χ2n) is 4.18. The maximum absolute atomic E-state index is 9.10. The number of fused-ring (bicyclic) bond motifs is 1. The third-order valence-corrected chi connectivity index (χ3v) is 3.80. The molecule has 3 rings (SSSR count). The lowest BCUT2D eigenvalue weighted by molar-refractivity contribution is -0.0207. The summed E-state index contributed by atoms with van der Waals surface area (Å²) in [5.74, 6) is 0. The first-order chi connectivity index (χ1) is 8.83. The molecule has 2 aromatic rings. The predicted molar refractivity (Wildman–Crippen MR) is 67.3 cm³/mol. The number of imidazole rings is 1. The highest BCUT2D eigenvalue weighted by Gasteiger charge is 2.27. The molecule has 1 aliphatic rings. The molecule has 1 N–H and O–H groups in total. The van der Waals surface area contributed by atoms with Crippen molar-refractivity contribution in [2.45, 2.75) is 30.2 Å². The predicted octanol–water partition coefficient (Wildman–Crippen LogP) is 1.22. The molecule has 0 spiro atoms. The standard InChI is InChI=1S/C11H14N4O2S/c1-18-11-9-10(12-5-13-11)15(6-14-9)8-3-2-7(4-16)17-8/h5-8,16H,2-4H2,1H3/t7-,8+/m0/s1. The molecule has 0 unspecified atom stereocenters. The third kappa shape index (κ3) is 1.88. The summed E-state index contributed by atoms with van der Waals surface area (Å²) in [4.78, 5) is 12.8. The normalized spacial score (nSPS) is 23.9. The SMILES string of the molecule is CSc1ncnc2c1ncn2[C@H]1CC[C@@H](CO)O1. The van der Waals surface area contributed by atoms with Gasteiger partial charge >= 0.3 is 0 Å². The summed E-state index contributed by atoms with van der Waals surface area (Å²) < 4.78 is 7.67. The van der Waals surface area contributed by atoms with Crippen molar-refractivity contribution in [2.75, 3.05) is 12.9 Å². The molecule has 18 heavy (non-hydrogen) atoms. The number of thioether (sulfide) groups is 1. The molecule has 0 saturated carbocycles. The smallest absolute Gasteiger partial charge is 0.166 e. The van der Waals surface area contributed by atoms with E-state index in [0.29, 0.717) is 0 Å². The van der Waals surface area contributed by atoms with Crippen LogP contribution in [0, 0.1) is 0 Å². The van der Waals surface area contributed by atoms with Gasteiger partial charge in [-0.3, -0.25) is 4.57 Å². The van der Waals surface area contributed by atoms with Gasteiger partial charge in [0.05, 0.1) is 19.0 Å². The zero-order chi connectivity index (χ0) is 12.5. The number of rotatable bonds is 3. The van der Waals surface area contributed by atoms with Crippen molar-refractivity contribution in [2.24, 2.45) is 0 Å². The zero-order valence-corrected chi connectivity index (χ0v) is 10.8. The van der Waals surface area contributed by atoms with E-state index < -0.39 is 0 Å². The van der Waals surface area contributed by atoms with Gasteiger partial charge in [0.1, 0.15) is 23.1 Å².